The van der Waals surface area contributed by atoms with Gasteiger partial charge in [0.2, 0.25) is 0 Å². The molecule has 0 atom stereocenters. The Kier molecular flexibility index (Phi) is 3.35. The summed E-state index contributed by atoms with van der Waals surface area (Å²) in [7, 11) is 0. The molecule has 21 heavy (non-hydrogen) atoms. The number of anilines is 2. The van der Waals surface area contributed by atoms with Crippen molar-refractivity contribution in [2.24, 2.45) is 0 Å². The highest BCUT2D eigenvalue weighted by Gasteiger charge is 2.20. The van der Waals surface area contributed by atoms with Crippen LogP contribution in [0.1, 0.15) is 16.1 Å². The first-order valence-electron chi connectivity index (χ1n) is 6.65. The zero-order valence-electron chi connectivity index (χ0n) is 11.6. The Balaban J connectivity index is 1.69. The molecule has 0 bridgehead atoms. The van der Waals surface area contributed by atoms with Crippen LogP contribution in [0.4, 0.5) is 16.2 Å². The van der Waals surface area contributed by atoms with Gasteiger partial charge in [0.05, 0.1) is 5.56 Å². The summed E-state index contributed by atoms with van der Waals surface area (Å²) in [5, 5.41) is 5.53. The Morgan fingerprint density at radius 2 is 2.10 bits per heavy atom. The minimum Gasteiger partial charge on any atom is -0.469 e. The van der Waals surface area contributed by atoms with Crippen molar-refractivity contribution in [3.05, 3.63) is 47.9 Å². The Hall–Kier alpha value is -2.76. The summed E-state index contributed by atoms with van der Waals surface area (Å²) in [5.41, 5.74) is 1.96. The van der Waals surface area contributed by atoms with Gasteiger partial charge in [0.15, 0.2) is 0 Å². The third-order valence-electron chi connectivity index (χ3n) is 3.29. The van der Waals surface area contributed by atoms with Crippen LogP contribution in [0, 0.1) is 6.92 Å². The number of hydrogen-bond acceptors (Lipinski definition) is 3. The van der Waals surface area contributed by atoms with Crippen LogP contribution in [0.25, 0.3) is 0 Å². The lowest BCUT2D eigenvalue weighted by Gasteiger charge is -2.14. The van der Waals surface area contributed by atoms with Crippen LogP contribution >= 0.6 is 0 Å². The largest absolute Gasteiger partial charge is 0.469 e. The molecule has 6 nitrogen and oxygen atoms in total. The summed E-state index contributed by atoms with van der Waals surface area (Å²) in [6.45, 7) is 3.09. The molecule has 3 amide bonds. The lowest BCUT2D eigenvalue weighted by Crippen LogP contribution is -2.27. The fraction of sp³-hybridized carbons (Fsp3) is 0.200. The standard InChI is InChI=1S/C15H15N3O3/c1-10-8-11(9-21-10)14(19)17-12-2-4-13(5-3-12)18-7-6-16-15(18)20/h2-5,8-9H,6-7H2,1H3,(H,16,20)(H,17,19). The summed E-state index contributed by atoms with van der Waals surface area (Å²) in [6, 6.07) is 8.73. The number of amides is 3. The van der Waals surface area contributed by atoms with E-state index in [1.165, 1.54) is 6.26 Å². The number of aryl methyl sites for hydroxylation is 1. The molecular weight excluding hydrogens is 270 g/mol. The lowest BCUT2D eigenvalue weighted by molar-refractivity contribution is 0.102. The minimum atomic E-state index is -0.224. The highest BCUT2D eigenvalue weighted by atomic mass is 16.3. The van der Waals surface area contributed by atoms with E-state index in [1.54, 1.807) is 42.2 Å². The van der Waals surface area contributed by atoms with Crippen LogP contribution in [0.15, 0.2) is 41.0 Å². The van der Waals surface area contributed by atoms with E-state index < -0.39 is 0 Å². The van der Waals surface area contributed by atoms with E-state index in [4.69, 9.17) is 4.42 Å². The molecule has 0 spiro atoms. The van der Waals surface area contributed by atoms with Gasteiger partial charge in [-0.1, -0.05) is 0 Å². The molecular formula is C15H15N3O3. The zero-order chi connectivity index (χ0) is 14.8. The van der Waals surface area contributed by atoms with Crippen LogP contribution in [-0.4, -0.2) is 25.0 Å². The maximum absolute atomic E-state index is 12.0. The molecule has 6 heteroatoms. The van der Waals surface area contributed by atoms with E-state index >= 15 is 0 Å². The maximum Gasteiger partial charge on any atom is 0.321 e. The van der Waals surface area contributed by atoms with Gasteiger partial charge < -0.3 is 15.1 Å². The fourth-order valence-corrected chi connectivity index (χ4v) is 2.21. The first-order chi connectivity index (χ1) is 10.1. The second-order valence-electron chi connectivity index (χ2n) is 4.83. The number of nitrogens with zero attached hydrogens (tertiary/aromatic N) is 1. The van der Waals surface area contributed by atoms with Gasteiger partial charge in [-0.3, -0.25) is 9.69 Å². The molecule has 1 saturated heterocycles. The third-order valence-corrected chi connectivity index (χ3v) is 3.29. The van der Waals surface area contributed by atoms with Crippen molar-refractivity contribution in [1.29, 1.82) is 0 Å². The average molecular weight is 285 g/mol. The van der Waals surface area contributed by atoms with Gasteiger partial charge in [-0.15, -0.1) is 0 Å². The number of carbonyl (C=O) groups excluding carboxylic acids is 2. The monoisotopic (exact) mass is 285 g/mol. The molecule has 2 aromatic rings. The number of nitrogens with one attached hydrogen (secondary N) is 2. The summed E-state index contributed by atoms with van der Waals surface area (Å²) in [6.07, 6.45) is 1.42. The van der Waals surface area contributed by atoms with Crippen LogP contribution in [-0.2, 0) is 0 Å². The normalized spacial score (nSPS) is 14.1. The number of furan rings is 1. The van der Waals surface area contributed by atoms with Gasteiger partial charge in [0.1, 0.15) is 12.0 Å². The number of rotatable bonds is 3. The zero-order valence-corrected chi connectivity index (χ0v) is 11.6. The summed E-state index contributed by atoms with van der Waals surface area (Å²) in [4.78, 5) is 25.2. The molecule has 1 aliphatic heterocycles. The Morgan fingerprint density at radius 1 is 1.33 bits per heavy atom. The Morgan fingerprint density at radius 3 is 2.67 bits per heavy atom. The molecule has 1 fully saturated rings. The predicted octanol–water partition coefficient (Wildman–Crippen LogP) is 2.37. The molecule has 1 aromatic carbocycles. The van der Waals surface area contributed by atoms with E-state index in [1.807, 2.05) is 0 Å². The van der Waals surface area contributed by atoms with Crippen LogP contribution in [0.2, 0.25) is 0 Å². The lowest BCUT2D eigenvalue weighted by atomic mass is 10.2. The van der Waals surface area contributed by atoms with Crippen molar-refractivity contribution >= 4 is 23.3 Å². The van der Waals surface area contributed by atoms with Crippen LogP contribution < -0.4 is 15.5 Å². The van der Waals surface area contributed by atoms with Crippen molar-refractivity contribution in [2.75, 3.05) is 23.3 Å². The van der Waals surface area contributed by atoms with Crippen molar-refractivity contribution in [3.8, 4) is 0 Å². The van der Waals surface area contributed by atoms with Crippen molar-refractivity contribution in [2.45, 2.75) is 6.92 Å². The number of benzene rings is 1. The second-order valence-corrected chi connectivity index (χ2v) is 4.83. The van der Waals surface area contributed by atoms with E-state index in [-0.39, 0.29) is 11.9 Å². The molecule has 108 valence electrons. The van der Waals surface area contributed by atoms with Crippen molar-refractivity contribution in [1.82, 2.24) is 5.32 Å². The summed E-state index contributed by atoms with van der Waals surface area (Å²) in [5.74, 6) is 0.467. The molecule has 0 aliphatic carbocycles. The van der Waals surface area contributed by atoms with Crippen molar-refractivity contribution < 1.29 is 14.0 Å². The topological polar surface area (TPSA) is 74.6 Å². The van der Waals surface area contributed by atoms with Gasteiger partial charge >= 0.3 is 6.03 Å². The fourth-order valence-electron chi connectivity index (χ4n) is 2.21. The number of urea groups is 1. The highest BCUT2D eigenvalue weighted by Crippen LogP contribution is 2.20. The van der Waals surface area contributed by atoms with Gasteiger partial charge in [0.25, 0.3) is 5.91 Å². The summed E-state index contributed by atoms with van der Waals surface area (Å²) >= 11 is 0. The molecule has 0 saturated carbocycles. The van der Waals surface area contributed by atoms with Gasteiger partial charge in [-0.2, -0.15) is 0 Å². The van der Waals surface area contributed by atoms with E-state index in [9.17, 15) is 9.59 Å². The SMILES string of the molecule is Cc1cc(C(=O)Nc2ccc(N3CCNC3=O)cc2)co1. The third kappa shape index (κ3) is 2.74. The number of hydrogen-bond donors (Lipinski definition) is 2. The highest BCUT2D eigenvalue weighted by molar-refractivity contribution is 6.04. The van der Waals surface area contributed by atoms with E-state index in [0.29, 0.717) is 30.1 Å². The molecule has 2 heterocycles. The maximum atomic E-state index is 12.0. The smallest absolute Gasteiger partial charge is 0.321 e. The predicted molar refractivity (Wildman–Crippen MR) is 78.6 cm³/mol. The van der Waals surface area contributed by atoms with Crippen LogP contribution in [0.3, 0.4) is 0 Å². The molecule has 1 aliphatic rings. The first-order valence-corrected chi connectivity index (χ1v) is 6.65. The second kappa shape index (κ2) is 5.32. The average Bonchev–Trinajstić information content (AvgIpc) is 3.08. The summed E-state index contributed by atoms with van der Waals surface area (Å²) < 4.78 is 5.11. The molecule has 0 unspecified atom stereocenters. The minimum absolute atomic E-state index is 0.0966. The molecule has 2 N–H and O–H groups in total. The first kappa shape index (κ1) is 13.2. The van der Waals surface area contributed by atoms with Gasteiger partial charge in [0, 0.05) is 24.5 Å². The quantitative estimate of drug-likeness (QED) is 0.909. The van der Waals surface area contributed by atoms with Gasteiger partial charge in [-0.25, -0.2) is 4.79 Å². The van der Waals surface area contributed by atoms with E-state index in [0.717, 1.165) is 5.69 Å². The molecule has 1 aromatic heterocycles. The molecule has 3 rings (SSSR count). The van der Waals surface area contributed by atoms with E-state index in [2.05, 4.69) is 10.6 Å². The van der Waals surface area contributed by atoms with Crippen LogP contribution in [0.5, 0.6) is 0 Å². The number of carbonyl (C=O) groups is 2. The Bertz CT molecular complexity index is 676. The Labute approximate surface area is 121 Å². The molecule has 0 radical (unpaired) electrons. The van der Waals surface area contributed by atoms with Gasteiger partial charge in [-0.05, 0) is 37.3 Å². The van der Waals surface area contributed by atoms with Crippen molar-refractivity contribution in [3.63, 3.8) is 0 Å².